The normalized spacial score (nSPS) is 21.0. The number of hydrogen-bond donors (Lipinski definition) is 1. The third kappa shape index (κ3) is 5.78. The van der Waals surface area contributed by atoms with Crippen molar-refractivity contribution in [1.29, 1.82) is 0 Å². The number of hydrogen-bond acceptors (Lipinski definition) is 10. The number of alkyl carbamates (subject to hydrolysis) is 1. The van der Waals surface area contributed by atoms with Crippen LogP contribution >= 0.6 is 0 Å². The largest absolute Gasteiger partial charge is 0.459 e. The fourth-order valence-electron chi connectivity index (χ4n) is 6.37. The van der Waals surface area contributed by atoms with Crippen LogP contribution in [0.3, 0.4) is 0 Å². The van der Waals surface area contributed by atoms with E-state index in [1.165, 1.54) is 6.92 Å². The van der Waals surface area contributed by atoms with Gasteiger partial charge in [-0.1, -0.05) is 18.2 Å². The molecule has 6 rings (SSSR count). The highest BCUT2D eigenvalue weighted by molar-refractivity contribution is 6.19. The molecule has 0 unspecified atom stereocenters. The fraction of sp³-hybridized carbons (Fsp3) is 0.500. The number of aliphatic imine (C=N–C) groups is 1. The molecule has 0 saturated carbocycles. The Bertz CT molecular complexity index is 1590. The summed E-state index contributed by atoms with van der Waals surface area (Å²) in [5, 5.41) is 4.10. The summed E-state index contributed by atoms with van der Waals surface area (Å²) in [7, 11) is 0. The van der Waals surface area contributed by atoms with Crippen LogP contribution in [0.4, 0.5) is 10.6 Å². The van der Waals surface area contributed by atoms with Gasteiger partial charge in [0.25, 0.3) is 0 Å². The first-order valence-corrected chi connectivity index (χ1v) is 14.8. The summed E-state index contributed by atoms with van der Waals surface area (Å²) in [6.45, 7) is 11.3. The molecule has 0 bridgehead atoms. The predicted octanol–water partition coefficient (Wildman–Crippen LogP) is 4.34. The van der Waals surface area contributed by atoms with Crippen molar-refractivity contribution in [2.45, 2.75) is 78.4 Å². The van der Waals surface area contributed by atoms with Gasteiger partial charge in [-0.25, -0.2) is 14.8 Å². The minimum Gasteiger partial charge on any atom is -0.459 e. The van der Waals surface area contributed by atoms with E-state index in [1.807, 2.05) is 58.0 Å². The molecular formula is C32H38N6O5. The van der Waals surface area contributed by atoms with E-state index in [-0.39, 0.29) is 30.1 Å². The Hall–Kier alpha value is -4.12. The highest BCUT2D eigenvalue weighted by atomic mass is 16.6. The first-order chi connectivity index (χ1) is 20.5. The molecule has 3 aromatic rings. The third-order valence-electron chi connectivity index (χ3n) is 8.44. The lowest BCUT2D eigenvalue weighted by molar-refractivity contribution is -0.142. The second kappa shape index (κ2) is 11.2. The van der Waals surface area contributed by atoms with E-state index in [0.29, 0.717) is 43.4 Å². The Morgan fingerprint density at radius 2 is 1.93 bits per heavy atom. The summed E-state index contributed by atoms with van der Waals surface area (Å²) in [5.74, 6) is 0.322. The number of carbonyl (C=O) groups is 2. The van der Waals surface area contributed by atoms with E-state index in [2.05, 4.69) is 15.2 Å². The number of nitrogens with one attached hydrogen (secondary N) is 1. The number of rotatable bonds is 5. The van der Waals surface area contributed by atoms with Crippen molar-refractivity contribution in [2.24, 2.45) is 10.4 Å². The number of anilines is 1. The summed E-state index contributed by atoms with van der Waals surface area (Å²) >= 11 is 0. The van der Waals surface area contributed by atoms with Gasteiger partial charge in [-0.05, 0) is 52.7 Å². The monoisotopic (exact) mass is 586 g/mol. The molecule has 0 radical (unpaired) electrons. The molecule has 1 aromatic carbocycles. The Balaban J connectivity index is 1.26. The maximum Gasteiger partial charge on any atom is 0.407 e. The third-order valence-corrected chi connectivity index (χ3v) is 8.44. The van der Waals surface area contributed by atoms with E-state index in [1.54, 1.807) is 6.20 Å². The first-order valence-electron chi connectivity index (χ1n) is 14.8. The Kier molecular flexibility index (Phi) is 7.53. The molecule has 2 aromatic heterocycles. The maximum absolute atomic E-state index is 12.7. The molecular weight excluding hydrogens is 548 g/mol. The van der Waals surface area contributed by atoms with Crippen molar-refractivity contribution < 1.29 is 23.8 Å². The molecule has 3 aliphatic heterocycles. The van der Waals surface area contributed by atoms with E-state index in [4.69, 9.17) is 29.2 Å². The Morgan fingerprint density at radius 1 is 1.14 bits per heavy atom. The molecule has 1 amide bonds. The molecule has 226 valence electrons. The minimum absolute atomic E-state index is 0.0138. The molecule has 2 atom stereocenters. The summed E-state index contributed by atoms with van der Waals surface area (Å²) in [6, 6.07) is 9.74. The zero-order valence-electron chi connectivity index (χ0n) is 25.3. The number of ether oxygens (including phenoxy) is 3. The van der Waals surface area contributed by atoms with Crippen LogP contribution in [0.15, 0.2) is 41.5 Å². The number of aromatic nitrogens is 3. The van der Waals surface area contributed by atoms with Crippen LogP contribution in [0.5, 0.6) is 0 Å². The first kappa shape index (κ1) is 29.0. The molecule has 5 heterocycles. The van der Waals surface area contributed by atoms with Crippen molar-refractivity contribution in [3.8, 4) is 0 Å². The van der Waals surface area contributed by atoms with Crippen molar-refractivity contribution in [1.82, 2.24) is 20.3 Å². The van der Waals surface area contributed by atoms with Crippen LogP contribution in [0.1, 0.15) is 70.1 Å². The van der Waals surface area contributed by atoms with Crippen LogP contribution in [-0.2, 0) is 32.2 Å². The topological polar surface area (TPSA) is 128 Å². The van der Waals surface area contributed by atoms with Crippen LogP contribution in [0.2, 0.25) is 0 Å². The molecule has 3 aliphatic rings. The number of amides is 1. The zero-order chi connectivity index (χ0) is 30.4. The lowest BCUT2D eigenvalue weighted by atomic mass is 9.73. The summed E-state index contributed by atoms with van der Waals surface area (Å²) in [4.78, 5) is 46.1. The molecule has 2 fully saturated rings. The van der Waals surface area contributed by atoms with Gasteiger partial charge >= 0.3 is 12.1 Å². The van der Waals surface area contributed by atoms with Crippen molar-refractivity contribution in [3.63, 3.8) is 0 Å². The zero-order valence-corrected chi connectivity index (χ0v) is 25.3. The fourth-order valence-corrected chi connectivity index (χ4v) is 6.37. The van der Waals surface area contributed by atoms with Gasteiger partial charge in [0.05, 0.1) is 42.2 Å². The molecule has 2 saturated heterocycles. The molecule has 11 heteroatoms. The van der Waals surface area contributed by atoms with Gasteiger partial charge in [0.1, 0.15) is 23.6 Å². The van der Waals surface area contributed by atoms with Crippen molar-refractivity contribution in [2.75, 3.05) is 24.6 Å². The van der Waals surface area contributed by atoms with E-state index >= 15 is 0 Å². The number of benzene rings is 1. The van der Waals surface area contributed by atoms with Crippen LogP contribution in [-0.4, -0.2) is 70.2 Å². The second-order valence-corrected chi connectivity index (χ2v) is 12.6. The summed E-state index contributed by atoms with van der Waals surface area (Å²) in [6.07, 6.45) is 2.79. The maximum atomic E-state index is 12.7. The average Bonchev–Trinajstić information content (AvgIpc) is 3.51. The van der Waals surface area contributed by atoms with E-state index in [0.717, 1.165) is 40.7 Å². The molecule has 11 nitrogen and oxygen atoms in total. The number of piperidine rings is 1. The Labute approximate surface area is 251 Å². The van der Waals surface area contributed by atoms with Crippen molar-refractivity contribution >= 4 is 34.5 Å². The Morgan fingerprint density at radius 3 is 2.67 bits per heavy atom. The predicted molar refractivity (Wildman–Crippen MR) is 161 cm³/mol. The summed E-state index contributed by atoms with van der Waals surface area (Å²) in [5.41, 5.74) is 3.89. The van der Waals surface area contributed by atoms with Gasteiger partial charge in [-0.15, -0.1) is 0 Å². The van der Waals surface area contributed by atoms with Crippen molar-refractivity contribution in [3.05, 3.63) is 59.2 Å². The number of pyridine rings is 1. The van der Waals surface area contributed by atoms with Gasteiger partial charge in [-0.2, -0.15) is 0 Å². The summed E-state index contributed by atoms with van der Waals surface area (Å²) < 4.78 is 17.1. The number of carbonyl (C=O) groups excluding carboxylic acids is 2. The van der Waals surface area contributed by atoms with Crippen LogP contribution in [0.25, 0.3) is 10.9 Å². The number of fused-ring (bicyclic) bond motifs is 2. The number of nitrogens with zero attached hydrogens (tertiary/aromatic N) is 5. The molecule has 43 heavy (non-hydrogen) atoms. The van der Waals surface area contributed by atoms with Gasteiger partial charge in [0.2, 0.25) is 0 Å². The van der Waals surface area contributed by atoms with E-state index in [9.17, 15) is 9.59 Å². The van der Waals surface area contributed by atoms with Gasteiger partial charge in [0.15, 0.2) is 5.82 Å². The SMILES string of the molecule is CC(=O)OCc1nc2c(nc1N1CCC3(CC1)CO[C@@H](C)[C@H]3NC(=O)OC(C)(C)C)CN=C2c1cccc2ncccc12. The lowest BCUT2D eigenvalue weighted by Crippen LogP contribution is -2.55. The highest BCUT2D eigenvalue weighted by Gasteiger charge is 2.51. The molecule has 0 aliphatic carbocycles. The van der Waals surface area contributed by atoms with Crippen LogP contribution in [0, 0.1) is 5.41 Å². The quantitative estimate of drug-likeness (QED) is 0.434. The minimum atomic E-state index is -0.581. The second-order valence-electron chi connectivity index (χ2n) is 12.6. The van der Waals surface area contributed by atoms with Crippen LogP contribution < -0.4 is 10.2 Å². The highest BCUT2D eigenvalue weighted by Crippen LogP contribution is 2.43. The van der Waals surface area contributed by atoms with Gasteiger partial charge in [0, 0.05) is 42.6 Å². The number of esters is 1. The standard InChI is InChI=1S/C32H38N6O5/c1-19-28(37-30(40)43-31(3,4)5)32(18-42-19)11-14-38(15-12-32)29-25(17-41-20(2)39)35-27-24(36-29)16-34-26(27)22-8-6-10-23-21(22)9-7-13-33-23/h6-10,13,19,28H,11-12,14-18H2,1-5H3,(H,37,40)/t19-,28+/m0/s1. The molecule has 1 N–H and O–H groups in total. The smallest absolute Gasteiger partial charge is 0.407 e. The lowest BCUT2D eigenvalue weighted by Gasteiger charge is -2.43. The van der Waals surface area contributed by atoms with Gasteiger partial charge < -0.3 is 24.4 Å². The van der Waals surface area contributed by atoms with Gasteiger partial charge in [-0.3, -0.25) is 14.8 Å². The average molecular weight is 587 g/mol. The van der Waals surface area contributed by atoms with E-state index < -0.39 is 11.7 Å². The molecule has 1 spiro atoms.